The summed E-state index contributed by atoms with van der Waals surface area (Å²) in [5.41, 5.74) is 0.954. The molecule has 0 spiro atoms. The van der Waals surface area contributed by atoms with Gasteiger partial charge in [0.2, 0.25) is 0 Å². The molecule has 4 nitrogen and oxygen atoms in total. The first-order valence-corrected chi connectivity index (χ1v) is 6.49. The van der Waals surface area contributed by atoms with Gasteiger partial charge in [-0.05, 0) is 32.0 Å². The van der Waals surface area contributed by atoms with Gasteiger partial charge in [0.15, 0.2) is 5.76 Å². The largest absolute Gasteiger partial charge is 0.460 e. The molecule has 0 atom stereocenters. The second-order valence-corrected chi connectivity index (χ2v) is 4.87. The van der Waals surface area contributed by atoms with Gasteiger partial charge in [-0.2, -0.15) is 0 Å². The molecular weight excluding hydrogens is 226 g/mol. The average molecular weight is 247 g/mol. The second-order valence-electron chi connectivity index (χ2n) is 4.87. The Labute approximate surface area is 108 Å². The van der Waals surface area contributed by atoms with Crippen molar-refractivity contribution in [1.29, 1.82) is 0 Å². The summed E-state index contributed by atoms with van der Waals surface area (Å²) in [6, 6.07) is 4.47. The van der Waals surface area contributed by atoms with Crippen LogP contribution in [0.4, 0.5) is 0 Å². The Balaban J connectivity index is 1.86. The van der Waals surface area contributed by atoms with E-state index in [0.29, 0.717) is 6.04 Å². The molecule has 0 aliphatic rings. The Morgan fingerprint density at radius 3 is 2.89 bits per heavy atom. The van der Waals surface area contributed by atoms with E-state index < -0.39 is 0 Å². The SMILES string of the molecule is Cc1ccc(-c2cnc(CCCNC(C)C)[nH]2)o1. The zero-order chi connectivity index (χ0) is 13.0. The van der Waals surface area contributed by atoms with Gasteiger partial charge in [-0.3, -0.25) is 0 Å². The molecule has 0 aliphatic carbocycles. The summed E-state index contributed by atoms with van der Waals surface area (Å²) in [4.78, 5) is 7.67. The Kier molecular flexibility index (Phi) is 4.20. The highest BCUT2D eigenvalue weighted by molar-refractivity contribution is 5.51. The average Bonchev–Trinajstić information content (AvgIpc) is 2.93. The molecule has 2 rings (SSSR count). The quantitative estimate of drug-likeness (QED) is 0.772. The number of hydrogen-bond acceptors (Lipinski definition) is 3. The molecule has 0 aliphatic heterocycles. The molecule has 98 valence electrons. The van der Waals surface area contributed by atoms with Crippen LogP contribution in [0.5, 0.6) is 0 Å². The molecule has 0 saturated carbocycles. The summed E-state index contributed by atoms with van der Waals surface area (Å²) >= 11 is 0. The van der Waals surface area contributed by atoms with E-state index in [1.807, 2.05) is 25.3 Å². The van der Waals surface area contributed by atoms with E-state index in [9.17, 15) is 0 Å². The first kappa shape index (κ1) is 12.9. The number of hydrogen-bond donors (Lipinski definition) is 2. The molecule has 0 unspecified atom stereocenters. The summed E-state index contributed by atoms with van der Waals surface area (Å²) in [7, 11) is 0. The number of H-pyrrole nitrogens is 1. The van der Waals surface area contributed by atoms with Crippen LogP contribution < -0.4 is 5.32 Å². The van der Waals surface area contributed by atoms with Crippen LogP contribution >= 0.6 is 0 Å². The second kappa shape index (κ2) is 5.87. The molecule has 2 heterocycles. The molecule has 0 amide bonds. The van der Waals surface area contributed by atoms with E-state index >= 15 is 0 Å². The first-order chi connectivity index (χ1) is 8.65. The van der Waals surface area contributed by atoms with E-state index in [4.69, 9.17) is 4.42 Å². The Bertz CT molecular complexity index is 485. The normalized spacial score (nSPS) is 11.3. The van der Waals surface area contributed by atoms with Gasteiger partial charge in [-0.15, -0.1) is 0 Å². The third-order valence-electron chi connectivity index (χ3n) is 2.78. The summed E-state index contributed by atoms with van der Waals surface area (Å²) in [6.07, 6.45) is 3.88. The minimum atomic E-state index is 0.545. The number of nitrogens with zero attached hydrogens (tertiary/aromatic N) is 1. The summed E-state index contributed by atoms with van der Waals surface area (Å²) < 4.78 is 5.56. The molecule has 0 fully saturated rings. The maximum atomic E-state index is 5.56. The van der Waals surface area contributed by atoms with Crippen LogP contribution in [-0.4, -0.2) is 22.6 Å². The standard InChI is InChI=1S/C14H21N3O/c1-10(2)15-8-4-5-14-16-9-12(17-14)13-7-6-11(3)18-13/h6-7,9-10,15H,4-5,8H2,1-3H3,(H,16,17). The van der Waals surface area contributed by atoms with E-state index in [1.54, 1.807) is 0 Å². The zero-order valence-corrected chi connectivity index (χ0v) is 11.3. The van der Waals surface area contributed by atoms with Crippen molar-refractivity contribution >= 4 is 0 Å². The number of aryl methyl sites for hydroxylation is 2. The minimum absolute atomic E-state index is 0.545. The lowest BCUT2D eigenvalue weighted by Crippen LogP contribution is -2.24. The fourth-order valence-corrected chi connectivity index (χ4v) is 1.84. The van der Waals surface area contributed by atoms with Crippen LogP contribution in [0.2, 0.25) is 0 Å². The third kappa shape index (κ3) is 3.47. The molecule has 2 aromatic heterocycles. The number of nitrogens with one attached hydrogen (secondary N) is 2. The summed E-state index contributed by atoms with van der Waals surface area (Å²) in [5, 5.41) is 3.40. The molecular formula is C14H21N3O. The molecule has 4 heteroatoms. The molecule has 0 aromatic carbocycles. The van der Waals surface area contributed by atoms with Crippen molar-refractivity contribution in [2.24, 2.45) is 0 Å². The van der Waals surface area contributed by atoms with Crippen LogP contribution in [0.15, 0.2) is 22.7 Å². The molecule has 0 radical (unpaired) electrons. The van der Waals surface area contributed by atoms with Gasteiger partial charge in [0.05, 0.1) is 6.20 Å². The molecule has 18 heavy (non-hydrogen) atoms. The first-order valence-electron chi connectivity index (χ1n) is 6.49. The van der Waals surface area contributed by atoms with Crippen molar-refractivity contribution in [3.63, 3.8) is 0 Å². The zero-order valence-electron chi connectivity index (χ0n) is 11.3. The highest BCUT2D eigenvalue weighted by Crippen LogP contribution is 2.19. The van der Waals surface area contributed by atoms with Gasteiger partial charge in [0, 0.05) is 12.5 Å². The number of aromatic nitrogens is 2. The van der Waals surface area contributed by atoms with Crippen LogP contribution in [0.25, 0.3) is 11.5 Å². The van der Waals surface area contributed by atoms with E-state index in [-0.39, 0.29) is 0 Å². The van der Waals surface area contributed by atoms with E-state index in [0.717, 1.165) is 42.4 Å². The summed E-state index contributed by atoms with van der Waals surface area (Å²) in [6.45, 7) is 7.28. The predicted octanol–water partition coefficient (Wildman–Crippen LogP) is 2.91. The molecule has 0 bridgehead atoms. The van der Waals surface area contributed by atoms with Crippen molar-refractivity contribution in [1.82, 2.24) is 15.3 Å². The van der Waals surface area contributed by atoms with Crippen molar-refractivity contribution in [2.75, 3.05) is 6.54 Å². The van der Waals surface area contributed by atoms with Gasteiger partial charge in [-0.1, -0.05) is 13.8 Å². The third-order valence-corrected chi connectivity index (χ3v) is 2.78. The molecule has 2 N–H and O–H groups in total. The van der Waals surface area contributed by atoms with Crippen LogP contribution in [0.3, 0.4) is 0 Å². The smallest absolute Gasteiger partial charge is 0.152 e. The highest BCUT2D eigenvalue weighted by Gasteiger charge is 2.06. The topological polar surface area (TPSA) is 53.9 Å². The fraction of sp³-hybridized carbons (Fsp3) is 0.500. The number of aromatic amines is 1. The van der Waals surface area contributed by atoms with Crippen molar-refractivity contribution in [3.8, 4) is 11.5 Å². The Hall–Kier alpha value is -1.55. The Morgan fingerprint density at radius 1 is 1.39 bits per heavy atom. The minimum Gasteiger partial charge on any atom is -0.460 e. The van der Waals surface area contributed by atoms with Crippen molar-refractivity contribution in [2.45, 2.75) is 39.7 Å². The molecule has 2 aromatic rings. The van der Waals surface area contributed by atoms with Gasteiger partial charge in [0.1, 0.15) is 17.3 Å². The lowest BCUT2D eigenvalue weighted by atomic mass is 10.3. The number of imidazole rings is 1. The van der Waals surface area contributed by atoms with E-state index in [1.165, 1.54) is 0 Å². The number of rotatable bonds is 6. The maximum Gasteiger partial charge on any atom is 0.152 e. The molecule has 0 saturated heterocycles. The fourth-order valence-electron chi connectivity index (χ4n) is 1.84. The lowest BCUT2D eigenvalue weighted by Gasteiger charge is -2.06. The van der Waals surface area contributed by atoms with Gasteiger partial charge in [-0.25, -0.2) is 4.98 Å². The maximum absolute atomic E-state index is 5.56. The predicted molar refractivity (Wildman–Crippen MR) is 72.5 cm³/mol. The van der Waals surface area contributed by atoms with Gasteiger partial charge < -0.3 is 14.7 Å². The Morgan fingerprint density at radius 2 is 2.22 bits per heavy atom. The van der Waals surface area contributed by atoms with Crippen molar-refractivity contribution < 1.29 is 4.42 Å². The monoisotopic (exact) mass is 247 g/mol. The van der Waals surface area contributed by atoms with Gasteiger partial charge in [0.25, 0.3) is 0 Å². The van der Waals surface area contributed by atoms with E-state index in [2.05, 4.69) is 29.1 Å². The van der Waals surface area contributed by atoms with Crippen LogP contribution in [0.1, 0.15) is 31.9 Å². The van der Waals surface area contributed by atoms with Gasteiger partial charge >= 0.3 is 0 Å². The highest BCUT2D eigenvalue weighted by atomic mass is 16.3. The van der Waals surface area contributed by atoms with Crippen LogP contribution in [0, 0.1) is 6.92 Å². The van der Waals surface area contributed by atoms with Crippen molar-refractivity contribution in [3.05, 3.63) is 29.9 Å². The van der Waals surface area contributed by atoms with Crippen LogP contribution in [-0.2, 0) is 6.42 Å². The lowest BCUT2D eigenvalue weighted by molar-refractivity contribution is 0.546. The summed E-state index contributed by atoms with van der Waals surface area (Å²) in [5.74, 6) is 2.79. The number of furan rings is 1.